The molecule has 0 fully saturated rings. The monoisotopic (exact) mass is 636 g/mol. The molecular weight excluding hydrogens is 597 g/mol. The zero-order chi connectivity index (χ0) is 32.6. The van der Waals surface area contributed by atoms with Crippen LogP contribution >= 0.6 is 0 Å². The van der Waals surface area contributed by atoms with Gasteiger partial charge < -0.3 is 9.88 Å². The van der Waals surface area contributed by atoms with Crippen molar-refractivity contribution in [1.82, 2.24) is 15.2 Å². The zero-order valence-electron chi connectivity index (χ0n) is 27.6. The number of fused-ring (bicyclic) bond motifs is 3. The standard InChI is InChI=1S/C45H40N4/c1-3-12-31(13-4-1)32-22-26-35(27-23-32)44-46-43(34-14-5-2-6-15-34)47-45(48-44)36-28-24-33(25-29-36)37-16-11-17-38(30-37)49-41-20-9-7-18-39(41)40-19-8-10-21-42(40)49/h2,5-9,11-12,14-20,22-30,43-44,46H,1,3-4,10,13,21H2,(H,47,48). The largest absolute Gasteiger partial charge is 0.350 e. The Morgan fingerprint density at radius 1 is 0.633 bits per heavy atom. The highest BCUT2D eigenvalue weighted by Crippen LogP contribution is 2.35. The molecule has 0 radical (unpaired) electrons. The highest BCUT2D eigenvalue weighted by Gasteiger charge is 2.26. The van der Waals surface area contributed by atoms with Gasteiger partial charge in [0.15, 0.2) is 0 Å². The SMILES string of the molecule is C1=Cc2c(n(-c3cccc(-c4ccc(C5=NC(c6ccccc6)NC(c6ccc(C7=CCCCC7)cc6)N5)cc4)c3)c3ccccc23)CC1. The van der Waals surface area contributed by atoms with Crippen LogP contribution in [0.2, 0.25) is 0 Å². The molecule has 1 aromatic heterocycles. The van der Waals surface area contributed by atoms with Crippen molar-refractivity contribution in [3.8, 4) is 16.8 Å². The highest BCUT2D eigenvalue weighted by atomic mass is 15.3. The van der Waals surface area contributed by atoms with Crippen LogP contribution in [-0.2, 0) is 6.42 Å². The van der Waals surface area contributed by atoms with Crippen molar-refractivity contribution in [3.63, 3.8) is 0 Å². The van der Waals surface area contributed by atoms with E-state index in [1.807, 2.05) is 0 Å². The van der Waals surface area contributed by atoms with Gasteiger partial charge in [0, 0.05) is 27.9 Å². The van der Waals surface area contributed by atoms with Crippen LogP contribution in [0.4, 0.5) is 0 Å². The van der Waals surface area contributed by atoms with Gasteiger partial charge in [-0.2, -0.15) is 0 Å². The van der Waals surface area contributed by atoms with E-state index in [0.717, 1.165) is 29.8 Å². The molecule has 4 heteroatoms. The average Bonchev–Trinajstić information content (AvgIpc) is 3.53. The van der Waals surface area contributed by atoms with Gasteiger partial charge in [0.05, 0.1) is 5.52 Å². The van der Waals surface area contributed by atoms with Gasteiger partial charge in [0.2, 0.25) is 0 Å². The van der Waals surface area contributed by atoms with Gasteiger partial charge in [-0.3, -0.25) is 5.32 Å². The van der Waals surface area contributed by atoms with Crippen LogP contribution in [0.15, 0.2) is 145 Å². The number of allylic oxidation sites excluding steroid dienone is 3. The summed E-state index contributed by atoms with van der Waals surface area (Å²) in [5, 5.41) is 8.81. The minimum atomic E-state index is -0.156. The van der Waals surface area contributed by atoms with Crippen molar-refractivity contribution < 1.29 is 0 Å². The molecule has 2 aliphatic carbocycles. The fourth-order valence-electron chi connectivity index (χ4n) is 7.78. The Labute approximate surface area is 288 Å². The number of nitrogens with one attached hydrogen (secondary N) is 2. The van der Waals surface area contributed by atoms with Crippen LogP contribution in [0.5, 0.6) is 0 Å². The molecule has 0 bridgehead atoms. The number of amidine groups is 1. The van der Waals surface area contributed by atoms with Crippen molar-refractivity contribution in [2.24, 2.45) is 4.99 Å². The number of para-hydroxylation sites is 1. The summed E-state index contributed by atoms with van der Waals surface area (Å²) < 4.78 is 2.46. The summed E-state index contributed by atoms with van der Waals surface area (Å²) in [7, 11) is 0. The van der Waals surface area contributed by atoms with Crippen LogP contribution in [0.3, 0.4) is 0 Å². The smallest absolute Gasteiger partial charge is 0.131 e. The number of hydrogen-bond donors (Lipinski definition) is 2. The number of rotatable bonds is 6. The fraction of sp³-hybridized carbons (Fsp3) is 0.178. The molecular formula is C45H40N4. The predicted octanol–water partition coefficient (Wildman–Crippen LogP) is 10.6. The van der Waals surface area contributed by atoms with Crippen LogP contribution in [0, 0.1) is 0 Å². The summed E-state index contributed by atoms with van der Waals surface area (Å²) >= 11 is 0. The van der Waals surface area contributed by atoms with E-state index in [0.29, 0.717) is 0 Å². The maximum Gasteiger partial charge on any atom is 0.131 e. The Hall–Kier alpha value is -5.45. The molecule has 2 heterocycles. The van der Waals surface area contributed by atoms with Crippen molar-refractivity contribution in [2.75, 3.05) is 0 Å². The molecule has 0 saturated carbocycles. The third-order valence-corrected chi connectivity index (χ3v) is 10.3. The van der Waals surface area contributed by atoms with Gasteiger partial charge in [-0.1, -0.05) is 127 Å². The maximum absolute atomic E-state index is 5.19. The second kappa shape index (κ2) is 12.9. The van der Waals surface area contributed by atoms with E-state index in [-0.39, 0.29) is 12.3 Å². The Morgan fingerprint density at radius 3 is 2.27 bits per heavy atom. The summed E-state index contributed by atoms with van der Waals surface area (Å²) in [5.41, 5.74) is 13.9. The van der Waals surface area contributed by atoms with Gasteiger partial charge in [0.25, 0.3) is 0 Å². The first-order valence-electron chi connectivity index (χ1n) is 17.7. The van der Waals surface area contributed by atoms with E-state index in [1.165, 1.54) is 81.4 Å². The molecule has 5 aromatic carbocycles. The minimum absolute atomic E-state index is 0.0689. The minimum Gasteiger partial charge on any atom is -0.350 e. The Kier molecular flexibility index (Phi) is 7.79. The van der Waals surface area contributed by atoms with Crippen LogP contribution in [0.25, 0.3) is 39.4 Å². The van der Waals surface area contributed by atoms with E-state index in [4.69, 9.17) is 4.99 Å². The summed E-state index contributed by atoms with van der Waals surface area (Å²) in [4.78, 5) is 5.19. The van der Waals surface area contributed by atoms with Gasteiger partial charge in [-0.05, 0) is 90.1 Å². The van der Waals surface area contributed by atoms with E-state index < -0.39 is 0 Å². The van der Waals surface area contributed by atoms with Gasteiger partial charge in [0.1, 0.15) is 18.2 Å². The molecule has 1 aliphatic heterocycles. The highest BCUT2D eigenvalue weighted by molar-refractivity contribution is 6.00. The molecule has 6 aromatic rings. The van der Waals surface area contributed by atoms with E-state index in [9.17, 15) is 0 Å². The van der Waals surface area contributed by atoms with Crippen molar-refractivity contribution in [3.05, 3.63) is 173 Å². The summed E-state index contributed by atoms with van der Waals surface area (Å²) in [6.45, 7) is 0. The summed E-state index contributed by atoms with van der Waals surface area (Å²) in [6.07, 6.45) is 13.9. The Balaban J connectivity index is 1.02. The zero-order valence-corrected chi connectivity index (χ0v) is 27.6. The molecule has 0 amide bonds. The van der Waals surface area contributed by atoms with Crippen molar-refractivity contribution >= 4 is 28.4 Å². The first-order valence-corrected chi connectivity index (χ1v) is 17.7. The third-order valence-electron chi connectivity index (χ3n) is 10.3. The topological polar surface area (TPSA) is 41.4 Å². The average molecular weight is 637 g/mol. The van der Waals surface area contributed by atoms with Gasteiger partial charge in [-0.25, -0.2) is 4.99 Å². The second-order valence-electron chi connectivity index (χ2n) is 13.4. The second-order valence-corrected chi connectivity index (χ2v) is 13.4. The van der Waals surface area contributed by atoms with Crippen LogP contribution in [-0.4, -0.2) is 10.4 Å². The molecule has 2 atom stereocenters. The number of aromatic nitrogens is 1. The first kappa shape index (κ1) is 29.7. The van der Waals surface area contributed by atoms with E-state index in [1.54, 1.807) is 0 Å². The molecule has 49 heavy (non-hydrogen) atoms. The number of aliphatic imine (C=N–C) groups is 1. The lowest BCUT2D eigenvalue weighted by Gasteiger charge is -2.32. The molecule has 240 valence electrons. The summed E-state index contributed by atoms with van der Waals surface area (Å²) in [5.74, 6) is 0.899. The number of nitrogens with zero attached hydrogens (tertiary/aromatic N) is 2. The lowest BCUT2D eigenvalue weighted by Crippen LogP contribution is -2.44. The fourth-order valence-corrected chi connectivity index (χ4v) is 7.78. The first-order chi connectivity index (χ1) is 24.3. The molecule has 2 unspecified atom stereocenters. The normalized spacial score (nSPS) is 18.8. The maximum atomic E-state index is 5.19. The molecule has 0 spiro atoms. The molecule has 0 saturated heterocycles. The van der Waals surface area contributed by atoms with Crippen LogP contribution < -0.4 is 10.6 Å². The van der Waals surface area contributed by atoms with E-state index in [2.05, 4.69) is 161 Å². The molecule has 4 nitrogen and oxygen atoms in total. The lowest BCUT2D eigenvalue weighted by atomic mass is 9.93. The van der Waals surface area contributed by atoms with Crippen LogP contribution in [0.1, 0.15) is 77.9 Å². The molecule has 3 aliphatic rings. The third kappa shape index (κ3) is 5.72. The quantitative estimate of drug-likeness (QED) is 0.191. The van der Waals surface area contributed by atoms with E-state index >= 15 is 0 Å². The summed E-state index contributed by atoms with van der Waals surface area (Å²) in [6, 6.07) is 46.2. The Morgan fingerprint density at radius 2 is 1.43 bits per heavy atom. The predicted molar refractivity (Wildman–Crippen MR) is 204 cm³/mol. The molecule has 2 N–H and O–H groups in total. The molecule has 9 rings (SSSR count). The van der Waals surface area contributed by atoms with Gasteiger partial charge >= 0.3 is 0 Å². The van der Waals surface area contributed by atoms with Crippen molar-refractivity contribution in [1.29, 1.82) is 0 Å². The number of hydrogen-bond acceptors (Lipinski definition) is 3. The van der Waals surface area contributed by atoms with Crippen molar-refractivity contribution in [2.45, 2.75) is 50.9 Å². The lowest BCUT2D eigenvalue weighted by molar-refractivity contribution is 0.409. The Bertz CT molecular complexity index is 2220. The number of benzene rings is 5. The van der Waals surface area contributed by atoms with Gasteiger partial charge in [-0.15, -0.1) is 0 Å².